The summed E-state index contributed by atoms with van der Waals surface area (Å²) in [5, 5.41) is 2.10. The zero-order valence-electron chi connectivity index (χ0n) is 11.4. The molecule has 0 amide bonds. The molecule has 1 atom stereocenters. The monoisotopic (exact) mass is 286 g/mol. The summed E-state index contributed by atoms with van der Waals surface area (Å²) in [5.74, 6) is 0. The van der Waals surface area contributed by atoms with E-state index in [9.17, 15) is 0 Å². The van der Waals surface area contributed by atoms with Gasteiger partial charge in [-0.3, -0.25) is 0 Å². The van der Waals surface area contributed by atoms with Gasteiger partial charge in [-0.2, -0.15) is 0 Å². The fourth-order valence-electron chi connectivity index (χ4n) is 2.20. The average Bonchev–Trinajstić information content (AvgIpc) is 3.16. The Morgan fingerprint density at radius 2 is 2.05 bits per heavy atom. The number of rotatable bonds is 5. The Hall–Kier alpha value is -1.62. The van der Waals surface area contributed by atoms with Crippen LogP contribution in [0.4, 0.5) is 0 Å². The largest absolute Gasteiger partial charge is 0.377 e. The Kier molecular flexibility index (Phi) is 4.16. The van der Waals surface area contributed by atoms with Crippen molar-refractivity contribution in [3.63, 3.8) is 0 Å². The van der Waals surface area contributed by atoms with E-state index >= 15 is 0 Å². The van der Waals surface area contributed by atoms with Gasteiger partial charge in [-0.05, 0) is 35.6 Å². The van der Waals surface area contributed by atoms with Crippen LogP contribution in [0.15, 0.2) is 47.9 Å². The van der Waals surface area contributed by atoms with E-state index in [1.54, 1.807) is 11.3 Å². The molecular formula is C16H18N2OS. The molecule has 0 radical (unpaired) electrons. The third-order valence-corrected chi connectivity index (χ3v) is 4.24. The highest BCUT2D eigenvalue weighted by atomic mass is 32.1. The zero-order chi connectivity index (χ0) is 13.8. The smallest absolute Gasteiger partial charge is 0.0806 e. The van der Waals surface area contributed by atoms with Crippen LogP contribution in [0.1, 0.15) is 29.0 Å². The highest BCUT2D eigenvalue weighted by molar-refractivity contribution is 7.10. The van der Waals surface area contributed by atoms with E-state index in [1.807, 2.05) is 6.92 Å². The van der Waals surface area contributed by atoms with Crippen molar-refractivity contribution in [2.75, 3.05) is 6.61 Å². The Labute approximate surface area is 123 Å². The molecule has 0 bridgehead atoms. The van der Waals surface area contributed by atoms with Gasteiger partial charge < -0.3 is 10.2 Å². The lowest BCUT2D eigenvalue weighted by Gasteiger charge is -2.07. The van der Waals surface area contributed by atoms with Crippen LogP contribution in [0.2, 0.25) is 0 Å². The van der Waals surface area contributed by atoms with Crippen LogP contribution in [0.25, 0.3) is 5.70 Å². The first-order valence-corrected chi connectivity index (χ1v) is 7.68. The molecule has 0 fully saturated rings. The normalized spacial score (nSPS) is 17.9. The van der Waals surface area contributed by atoms with Crippen molar-refractivity contribution in [1.29, 1.82) is 0 Å². The van der Waals surface area contributed by atoms with Gasteiger partial charge in [-0.1, -0.05) is 30.3 Å². The van der Waals surface area contributed by atoms with E-state index in [0.717, 1.165) is 12.3 Å². The van der Waals surface area contributed by atoms with Crippen molar-refractivity contribution in [2.45, 2.75) is 19.6 Å². The first kappa shape index (κ1) is 13.4. The van der Waals surface area contributed by atoms with Crippen LogP contribution < -0.4 is 10.9 Å². The number of benzene rings is 1. The van der Waals surface area contributed by atoms with Gasteiger partial charge in [0.15, 0.2) is 0 Å². The summed E-state index contributed by atoms with van der Waals surface area (Å²) in [6.07, 6.45) is 2.23. The van der Waals surface area contributed by atoms with Crippen molar-refractivity contribution in [3.05, 3.63) is 63.9 Å². The van der Waals surface area contributed by atoms with Gasteiger partial charge in [-0.25, -0.2) is 5.43 Å². The lowest BCUT2D eigenvalue weighted by atomic mass is 10.1. The van der Waals surface area contributed by atoms with Crippen LogP contribution in [-0.2, 0) is 11.3 Å². The molecular weight excluding hydrogens is 268 g/mol. The molecule has 3 rings (SSSR count). The van der Waals surface area contributed by atoms with E-state index in [0.29, 0.717) is 6.61 Å². The number of nitrogens with one attached hydrogen (secondary N) is 2. The Balaban J connectivity index is 1.72. The minimum absolute atomic E-state index is 0.258. The second-order valence-electron chi connectivity index (χ2n) is 4.68. The highest BCUT2D eigenvalue weighted by Gasteiger charge is 2.17. The molecule has 3 nitrogen and oxygen atoms in total. The molecule has 0 spiro atoms. The van der Waals surface area contributed by atoms with Crippen LogP contribution in [0.3, 0.4) is 0 Å². The standard InChI is InChI=1S/C16H18N2OS/c1-2-19-11-12-5-7-13(8-6-12)14-10-15(18-17-14)16-4-3-9-20-16/h3-10,15,17-18H,2,11H2,1H3. The fourth-order valence-corrected chi connectivity index (χ4v) is 2.94. The quantitative estimate of drug-likeness (QED) is 0.883. The lowest BCUT2D eigenvalue weighted by molar-refractivity contribution is 0.134. The topological polar surface area (TPSA) is 33.3 Å². The summed E-state index contributed by atoms with van der Waals surface area (Å²) >= 11 is 1.77. The molecule has 4 heteroatoms. The minimum atomic E-state index is 0.258. The highest BCUT2D eigenvalue weighted by Crippen LogP contribution is 2.27. The summed E-state index contributed by atoms with van der Waals surface area (Å²) in [7, 11) is 0. The fraction of sp³-hybridized carbons (Fsp3) is 0.250. The predicted octanol–water partition coefficient (Wildman–Crippen LogP) is 3.47. The molecule has 2 heterocycles. The molecule has 1 aromatic heterocycles. The van der Waals surface area contributed by atoms with Gasteiger partial charge in [0.2, 0.25) is 0 Å². The van der Waals surface area contributed by atoms with Crippen molar-refractivity contribution in [3.8, 4) is 0 Å². The number of hydrazine groups is 1. The summed E-state index contributed by atoms with van der Waals surface area (Å²) in [4.78, 5) is 1.32. The van der Waals surface area contributed by atoms with Gasteiger partial charge in [0.25, 0.3) is 0 Å². The third-order valence-electron chi connectivity index (χ3n) is 3.28. The van der Waals surface area contributed by atoms with E-state index in [2.05, 4.69) is 58.7 Å². The average molecular weight is 286 g/mol. The summed E-state index contributed by atoms with van der Waals surface area (Å²) in [6.45, 7) is 3.44. The summed E-state index contributed by atoms with van der Waals surface area (Å²) < 4.78 is 5.41. The third kappa shape index (κ3) is 2.93. The molecule has 0 saturated carbocycles. The maximum absolute atomic E-state index is 5.41. The molecule has 104 valence electrons. The van der Waals surface area contributed by atoms with Crippen LogP contribution in [-0.4, -0.2) is 6.61 Å². The van der Waals surface area contributed by atoms with E-state index in [4.69, 9.17) is 4.74 Å². The number of thiophene rings is 1. The van der Waals surface area contributed by atoms with Gasteiger partial charge in [0.05, 0.1) is 18.3 Å². The van der Waals surface area contributed by atoms with E-state index < -0.39 is 0 Å². The SMILES string of the molecule is CCOCc1ccc(C2=CC(c3cccs3)NN2)cc1. The van der Waals surface area contributed by atoms with Crippen molar-refractivity contribution in [2.24, 2.45) is 0 Å². The van der Waals surface area contributed by atoms with Crippen molar-refractivity contribution in [1.82, 2.24) is 10.9 Å². The molecule has 1 aliphatic heterocycles. The minimum Gasteiger partial charge on any atom is -0.377 e. The van der Waals surface area contributed by atoms with Crippen molar-refractivity contribution < 1.29 is 4.74 Å². The van der Waals surface area contributed by atoms with E-state index in [-0.39, 0.29) is 6.04 Å². The lowest BCUT2D eigenvalue weighted by Crippen LogP contribution is -2.25. The molecule has 0 saturated heterocycles. The van der Waals surface area contributed by atoms with Gasteiger partial charge in [0, 0.05) is 11.5 Å². The Morgan fingerprint density at radius 3 is 2.75 bits per heavy atom. The first-order chi connectivity index (χ1) is 9.86. The second-order valence-corrected chi connectivity index (χ2v) is 5.66. The van der Waals surface area contributed by atoms with Gasteiger partial charge in [-0.15, -0.1) is 11.3 Å². The molecule has 1 aliphatic rings. The Bertz CT molecular complexity index is 575. The molecule has 1 aromatic carbocycles. The summed E-state index contributed by atoms with van der Waals surface area (Å²) in [6, 6.07) is 13.0. The molecule has 1 unspecified atom stereocenters. The summed E-state index contributed by atoms with van der Waals surface area (Å²) in [5.41, 5.74) is 10.1. The van der Waals surface area contributed by atoms with Gasteiger partial charge in [0.1, 0.15) is 0 Å². The van der Waals surface area contributed by atoms with Crippen LogP contribution in [0.5, 0.6) is 0 Å². The maximum atomic E-state index is 5.41. The Morgan fingerprint density at radius 1 is 1.20 bits per heavy atom. The zero-order valence-corrected chi connectivity index (χ0v) is 12.2. The van der Waals surface area contributed by atoms with Crippen LogP contribution >= 0.6 is 11.3 Å². The van der Waals surface area contributed by atoms with Gasteiger partial charge >= 0.3 is 0 Å². The van der Waals surface area contributed by atoms with E-state index in [1.165, 1.54) is 16.0 Å². The molecule has 0 aliphatic carbocycles. The van der Waals surface area contributed by atoms with Crippen molar-refractivity contribution >= 4 is 17.0 Å². The molecule has 2 aromatic rings. The van der Waals surface area contributed by atoms with Crippen LogP contribution in [0, 0.1) is 0 Å². The molecule has 2 N–H and O–H groups in total. The predicted molar refractivity (Wildman–Crippen MR) is 83.1 cm³/mol. The molecule has 20 heavy (non-hydrogen) atoms. The second kappa shape index (κ2) is 6.22. The maximum Gasteiger partial charge on any atom is 0.0806 e. The number of hydrogen-bond donors (Lipinski definition) is 2. The first-order valence-electron chi connectivity index (χ1n) is 6.80. The number of hydrogen-bond acceptors (Lipinski definition) is 4. The number of ether oxygens (including phenoxy) is 1.